The third-order valence-corrected chi connectivity index (χ3v) is 2.59. The van der Waals surface area contributed by atoms with E-state index in [4.69, 9.17) is 10.7 Å². The van der Waals surface area contributed by atoms with Gasteiger partial charge in [0, 0.05) is 6.54 Å². The number of hydrazine groups is 1. The maximum absolute atomic E-state index is 10.8. The van der Waals surface area contributed by atoms with Crippen molar-refractivity contribution in [3.8, 4) is 0 Å². The summed E-state index contributed by atoms with van der Waals surface area (Å²) < 4.78 is 0. The molecule has 1 aromatic rings. The van der Waals surface area contributed by atoms with E-state index in [1.54, 1.807) is 10.1 Å². The van der Waals surface area contributed by atoms with Crippen molar-refractivity contribution in [3.63, 3.8) is 0 Å². The van der Waals surface area contributed by atoms with Gasteiger partial charge in [0.15, 0.2) is 0 Å². The zero-order chi connectivity index (χ0) is 12.1. The molecule has 17 heavy (non-hydrogen) atoms. The zero-order valence-electron chi connectivity index (χ0n) is 9.50. The third-order valence-electron chi connectivity index (χ3n) is 2.59. The Morgan fingerprint density at radius 1 is 1.29 bits per heavy atom. The van der Waals surface area contributed by atoms with Crippen LogP contribution in [-0.4, -0.2) is 35.6 Å². The molecule has 0 radical (unpaired) electrons. The molecule has 0 atom stereocenters. The Morgan fingerprint density at radius 2 is 2.06 bits per heavy atom. The number of carbonyl (C=O) groups excluding carboxylic acids is 1. The molecule has 1 aliphatic heterocycles. The topological polar surface area (TPSA) is 58.8 Å². The SMILES string of the molecule is NN1CCN(OCc2ccccc2)C(=C=O)C1. The number of hydrogen-bond acceptors (Lipinski definition) is 5. The van der Waals surface area contributed by atoms with Crippen LogP contribution in [0.5, 0.6) is 0 Å². The number of rotatable bonds is 3. The maximum atomic E-state index is 10.8. The fourth-order valence-corrected chi connectivity index (χ4v) is 1.66. The van der Waals surface area contributed by atoms with Crippen LogP contribution in [-0.2, 0) is 16.2 Å². The minimum absolute atomic E-state index is 0.373. The van der Waals surface area contributed by atoms with Gasteiger partial charge in [-0.2, -0.15) is 0 Å². The Balaban J connectivity index is 1.93. The molecular weight excluding hydrogens is 218 g/mol. The molecule has 1 saturated heterocycles. The predicted octanol–water partition coefficient (Wildman–Crippen LogP) is 0.325. The quantitative estimate of drug-likeness (QED) is 0.602. The lowest BCUT2D eigenvalue weighted by Gasteiger charge is -2.32. The minimum atomic E-state index is 0.373. The van der Waals surface area contributed by atoms with Crippen LogP contribution in [0, 0.1) is 0 Å². The van der Waals surface area contributed by atoms with Gasteiger partial charge in [0.25, 0.3) is 0 Å². The van der Waals surface area contributed by atoms with Crippen LogP contribution in [0.15, 0.2) is 36.0 Å². The minimum Gasteiger partial charge on any atom is -0.268 e. The molecule has 2 rings (SSSR count). The average molecular weight is 233 g/mol. The zero-order valence-corrected chi connectivity index (χ0v) is 9.50. The summed E-state index contributed by atoms with van der Waals surface area (Å²) >= 11 is 0. The molecule has 5 heteroatoms. The molecule has 0 amide bonds. The van der Waals surface area contributed by atoms with Gasteiger partial charge in [-0.05, 0) is 5.56 Å². The van der Waals surface area contributed by atoms with Gasteiger partial charge < -0.3 is 0 Å². The van der Waals surface area contributed by atoms with Crippen LogP contribution >= 0.6 is 0 Å². The Bertz CT molecular complexity index is 415. The summed E-state index contributed by atoms with van der Waals surface area (Å²) in [4.78, 5) is 16.3. The highest BCUT2D eigenvalue weighted by atomic mass is 16.7. The second-order valence-corrected chi connectivity index (χ2v) is 3.88. The van der Waals surface area contributed by atoms with Crippen LogP contribution in [0.25, 0.3) is 0 Å². The third kappa shape index (κ3) is 3.15. The smallest absolute Gasteiger partial charge is 0.149 e. The Hall–Kier alpha value is -1.65. The van der Waals surface area contributed by atoms with Gasteiger partial charge in [0.05, 0.1) is 19.7 Å². The number of piperazine rings is 1. The summed E-state index contributed by atoms with van der Waals surface area (Å²) in [7, 11) is 0. The Labute approximate surface area is 100.0 Å². The molecule has 0 bridgehead atoms. The standard InChI is InChI=1S/C12H15N3O2/c13-14-6-7-15(12(8-14)9-16)17-10-11-4-2-1-3-5-11/h1-5H,6-8,10,13H2. The van der Waals surface area contributed by atoms with Crippen molar-refractivity contribution in [1.29, 1.82) is 0 Å². The van der Waals surface area contributed by atoms with E-state index in [-0.39, 0.29) is 0 Å². The van der Waals surface area contributed by atoms with Crippen molar-refractivity contribution in [2.75, 3.05) is 19.6 Å². The van der Waals surface area contributed by atoms with Gasteiger partial charge in [0.2, 0.25) is 0 Å². The van der Waals surface area contributed by atoms with E-state index >= 15 is 0 Å². The van der Waals surface area contributed by atoms with Crippen LogP contribution in [0.2, 0.25) is 0 Å². The number of benzene rings is 1. The van der Waals surface area contributed by atoms with E-state index in [1.165, 1.54) is 0 Å². The molecule has 0 spiro atoms. The molecule has 1 heterocycles. The molecule has 2 N–H and O–H groups in total. The molecule has 5 nitrogen and oxygen atoms in total. The van der Waals surface area contributed by atoms with Crippen molar-refractivity contribution < 1.29 is 9.63 Å². The number of hydroxylamine groups is 2. The van der Waals surface area contributed by atoms with E-state index in [0.29, 0.717) is 31.9 Å². The fourth-order valence-electron chi connectivity index (χ4n) is 1.66. The molecule has 1 aliphatic rings. The lowest BCUT2D eigenvalue weighted by molar-refractivity contribution is -0.157. The average Bonchev–Trinajstić information content (AvgIpc) is 2.38. The first-order valence-electron chi connectivity index (χ1n) is 5.47. The summed E-state index contributed by atoms with van der Waals surface area (Å²) in [5, 5.41) is 3.14. The first-order valence-corrected chi connectivity index (χ1v) is 5.47. The highest BCUT2D eigenvalue weighted by Gasteiger charge is 2.20. The highest BCUT2D eigenvalue weighted by molar-refractivity contribution is 5.52. The molecular formula is C12H15N3O2. The number of nitrogens with zero attached hydrogens (tertiary/aromatic N) is 2. The molecule has 1 aromatic carbocycles. The van der Waals surface area contributed by atoms with Crippen LogP contribution in [0.4, 0.5) is 0 Å². The normalized spacial score (nSPS) is 17.0. The molecule has 0 aromatic heterocycles. The monoisotopic (exact) mass is 233 g/mol. The van der Waals surface area contributed by atoms with Gasteiger partial charge in [0.1, 0.15) is 11.6 Å². The van der Waals surface area contributed by atoms with Crippen molar-refractivity contribution in [3.05, 3.63) is 41.6 Å². The summed E-state index contributed by atoms with van der Waals surface area (Å²) in [6.45, 7) is 2.06. The van der Waals surface area contributed by atoms with Crippen molar-refractivity contribution >= 4 is 5.94 Å². The predicted molar refractivity (Wildman–Crippen MR) is 62.9 cm³/mol. The van der Waals surface area contributed by atoms with Crippen molar-refractivity contribution in [2.45, 2.75) is 6.61 Å². The van der Waals surface area contributed by atoms with Crippen LogP contribution < -0.4 is 5.84 Å². The first-order chi connectivity index (χ1) is 8.29. The Kier molecular flexibility index (Phi) is 3.90. The van der Waals surface area contributed by atoms with E-state index < -0.39 is 0 Å². The van der Waals surface area contributed by atoms with E-state index in [2.05, 4.69) is 0 Å². The summed E-state index contributed by atoms with van der Waals surface area (Å²) in [5.74, 6) is 7.49. The summed E-state index contributed by atoms with van der Waals surface area (Å²) in [6, 6.07) is 9.81. The van der Waals surface area contributed by atoms with Crippen LogP contribution in [0.1, 0.15) is 5.56 Å². The largest absolute Gasteiger partial charge is 0.268 e. The van der Waals surface area contributed by atoms with Gasteiger partial charge in [-0.1, -0.05) is 30.3 Å². The second kappa shape index (κ2) is 5.61. The highest BCUT2D eigenvalue weighted by Crippen LogP contribution is 2.11. The van der Waals surface area contributed by atoms with Gasteiger partial charge in [-0.15, -0.1) is 0 Å². The first kappa shape index (κ1) is 11.8. The van der Waals surface area contributed by atoms with Crippen LogP contribution in [0.3, 0.4) is 0 Å². The lowest BCUT2D eigenvalue weighted by Crippen LogP contribution is -2.47. The number of nitrogens with two attached hydrogens (primary N) is 1. The molecule has 0 unspecified atom stereocenters. The molecule has 1 fully saturated rings. The van der Waals surface area contributed by atoms with Gasteiger partial charge >= 0.3 is 0 Å². The molecule has 0 aliphatic carbocycles. The Morgan fingerprint density at radius 3 is 2.76 bits per heavy atom. The van der Waals surface area contributed by atoms with E-state index in [1.807, 2.05) is 36.3 Å². The summed E-state index contributed by atoms with van der Waals surface area (Å²) in [5.41, 5.74) is 1.50. The second-order valence-electron chi connectivity index (χ2n) is 3.88. The van der Waals surface area contributed by atoms with E-state index in [0.717, 1.165) is 5.56 Å². The lowest BCUT2D eigenvalue weighted by atomic mass is 10.2. The van der Waals surface area contributed by atoms with Crippen molar-refractivity contribution in [2.24, 2.45) is 5.84 Å². The van der Waals surface area contributed by atoms with E-state index in [9.17, 15) is 4.79 Å². The van der Waals surface area contributed by atoms with Gasteiger partial charge in [-0.25, -0.2) is 14.9 Å². The summed E-state index contributed by atoms with van der Waals surface area (Å²) in [6.07, 6.45) is 0. The fraction of sp³-hybridized carbons (Fsp3) is 0.333. The number of hydrogen-bond donors (Lipinski definition) is 1. The molecule has 90 valence electrons. The maximum Gasteiger partial charge on any atom is 0.149 e. The van der Waals surface area contributed by atoms with Gasteiger partial charge in [-0.3, -0.25) is 10.7 Å². The molecule has 0 saturated carbocycles. The van der Waals surface area contributed by atoms with Crippen molar-refractivity contribution in [1.82, 2.24) is 10.1 Å².